The van der Waals surface area contributed by atoms with Gasteiger partial charge in [-0.05, 0) is 23.3 Å². The van der Waals surface area contributed by atoms with Gasteiger partial charge < -0.3 is 10.4 Å². The van der Waals surface area contributed by atoms with Gasteiger partial charge in [0.15, 0.2) is 5.17 Å². The highest BCUT2D eigenvalue weighted by Gasteiger charge is 2.32. The Morgan fingerprint density at radius 3 is 2.69 bits per heavy atom. The molecule has 0 bridgehead atoms. The first kappa shape index (κ1) is 18.2. The van der Waals surface area contributed by atoms with Gasteiger partial charge in [-0.15, -0.1) is 5.10 Å². The molecular weight excluding hydrogens is 374 g/mol. The Morgan fingerprint density at radius 2 is 1.96 bits per heavy atom. The lowest BCUT2D eigenvalue weighted by molar-refractivity contribution is -0.138. The first-order valence-corrected chi connectivity index (χ1v) is 8.94. The molecule has 2 aromatic carbocycles. The van der Waals surface area contributed by atoms with E-state index in [-0.39, 0.29) is 12.3 Å². The van der Waals surface area contributed by atoms with Crippen molar-refractivity contribution in [1.29, 1.82) is 0 Å². The first-order chi connectivity index (χ1) is 12.5. The second-order valence-electron chi connectivity index (χ2n) is 5.44. The van der Waals surface area contributed by atoms with E-state index in [1.54, 1.807) is 6.21 Å². The average molecular weight is 388 g/mol. The van der Waals surface area contributed by atoms with Crippen molar-refractivity contribution in [2.45, 2.75) is 11.7 Å². The van der Waals surface area contributed by atoms with Crippen LogP contribution in [-0.4, -0.2) is 33.6 Å². The number of carboxylic acid groups (broad SMARTS) is 1. The van der Waals surface area contributed by atoms with E-state index in [0.29, 0.717) is 10.2 Å². The summed E-state index contributed by atoms with van der Waals surface area (Å²) in [6.07, 6.45) is 1.34. The third-order valence-electron chi connectivity index (χ3n) is 3.60. The summed E-state index contributed by atoms with van der Waals surface area (Å²) in [5, 5.41) is 19.6. The minimum absolute atomic E-state index is 0.251. The number of benzene rings is 2. The summed E-state index contributed by atoms with van der Waals surface area (Å²) in [5.74, 6) is -1.40. The second kappa shape index (κ2) is 8.16. The monoisotopic (exact) mass is 387 g/mol. The predicted octanol–water partition coefficient (Wildman–Crippen LogP) is 3.40. The van der Waals surface area contributed by atoms with Crippen LogP contribution in [0.2, 0.25) is 5.02 Å². The molecule has 6 nitrogen and oxygen atoms in total. The number of aliphatic carboxylic acids is 1. The Labute approximate surface area is 159 Å². The molecule has 0 aromatic heterocycles. The SMILES string of the molecule is O=C(O)CC1SC(=NN=Cc2ccccc2-c2ccc(Cl)cc2)NC1=O. The number of carbonyl (C=O) groups excluding carboxylic acids is 1. The molecule has 1 saturated heterocycles. The average Bonchev–Trinajstić information content (AvgIpc) is 2.95. The molecule has 3 rings (SSSR count). The van der Waals surface area contributed by atoms with E-state index in [9.17, 15) is 9.59 Å². The van der Waals surface area contributed by atoms with Gasteiger partial charge in [0.25, 0.3) is 0 Å². The lowest BCUT2D eigenvalue weighted by Crippen LogP contribution is -2.26. The third-order valence-corrected chi connectivity index (χ3v) is 4.92. The summed E-state index contributed by atoms with van der Waals surface area (Å²) in [5.41, 5.74) is 2.82. The van der Waals surface area contributed by atoms with Crippen LogP contribution in [0.4, 0.5) is 0 Å². The van der Waals surface area contributed by atoms with E-state index in [1.165, 1.54) is 0 Å². The van der Waals surface area contributed by atoms with Crippen LogP contribution in [0, 0.1) is 0 Å². The van der Waals surface area contributed by atoms with Crippen molar-refractivity contribution in [3.8, 4) is 11.1 Å². The quantitative estimate of drug-likeness (QED) is 0.607. The zero-order valence-corrected chi connectivity index (χ0v) is 15.0. The van der Waals surface area contributed by atoms with Crippen LogP contribution in [-0.2, 0) is 9.59 Å². The fraction of sp³-hybridized carbons (Fsp3) is 0.111. The number of rotatable bonds is 5. The molecule has 8 heteroatoms. The van der Waals surface area contributed by atoms with E-state index < -0.39 is 11.2 Å². The minimum Gasteiger partial charge on any atom is -0.481 e. The van der Waals surface area contributed by atoms with Crippen molar-refractivity contribution in [3.05, 3.63) is 59.1 Å². The number of carbonyl (C=O) groups is 2. The van der Waals surface area contributed by atoms with E-state index in [4.69, 9.17) is 16.7 Å². The molecule has 0 saturated carbocycles. The van der Waals surface area contributed by atoms with Gasteiger partial charge >= 0.3 is 5.97 Å². The van der Waals surface area contributed by atoms with Gasteiger partial charge in [-0.3, -0.25) is 9.59 Å². The highest BCUT2D eigenvalue weighted by molar-refractivity contribution is 8.15. The number of amides is 1. The van der Waals surface area contributed by atoms with Crippen molar-refractivity contribution >= 4 is 46.6 Å². The van der Waals surface area contributed by atoms with E-state index in [2.05, 4.69) is 15.5 Å². The van der Waals surface area contributed by atoms with Crippen LogP contribution < -0.4 is 5.32 Å². The van der Waals surface area contributed by atoms with Crippen molar-refractivity contribution < 1.29 is 14.7 Å². The maximum Gasteiger partial charge on any atom is 0.305 e. The Hall–Kier alpha value is -2.64. The fourth-order valence-electron chi connectivity index (χ4n) is 2.39. The zero-order valence-electron chi connectivity index (χ0n) is 13.4. The number of thioether (sulfide) groups is 1. The van der Waals surface area contributed by atoms with Crippen LogP contribution in [0.3, 0.4) is 0 Å². The van der Waals surface area contributed by atoms with Crippen LogP contribution in [0.15, 0.2) is 58.7 Å². The minimum atomic E-state index is -1.03. The lowest BCUT2D eigenvalue weighted by atomic mass is 10.0. The molecule has 0 aliphatic carbocycles. The van der Waals surface area contributed by atoms with E-state index in [1.807, 2.05) is 48.5 Å². The van der Waals surface area contributed by atoms with Crippen LogP contribution >= 0.6 is 23.4 Å². The molecule has 0 spiro atoms. The molecule has 1 aliphatic heterocycles. The topological polar surface area (TPSA) is 91.1 Å². The Morgan fingerprint density at radius 1 is 1.23 bits per heavy atom. The number of halogens is 1. The summed E-state index contributed by atoms with van der Waals surface area (Å²) in [4.78, 5) is 22.4. The molecule has 1 atom stereocenters. The zero-order chi connectivity index (χ0) is 18.5. The molecule has 26 heavy (non-hydrogen) atoms. The predicted molar refractivity (Wildman–Crippen MR) is 104 cm³/mol. The highest BCUT2D eigenvalue weighted by Crippen LogP contribution is 2.25. The normalized spacial score (nSPS) is 18.4. The first-order valence-electron chi connectivity index (χ1n) is 7.68. The summed E-state index contributed by atoms with van der Waals surface area (Å²) < 4.78 is 0. The molecular formula is C18H14ClN3O3S. The smallest absolute Gasteiger partial charge is 0.305 e. The second-order valence-corrected chi connectivity index (χ2v) is 7.07. The molecule has 2 aromatic rings. The number of nitrogens with one attached hydrogen (secondary N) is 1. The summed E-state index contributed by atoms with van der Waals surface area (Å²) in [6, 6.07) is 15.2. The van der Waals surface area contributed by atoms with Gasteiger partial charge in [0, 0.05) is 10.6 Å². The molecule has 1 aliphatic rings. The molecule has 1 unspecified atom stereocenters. The van der Waals surface area contributed by atoms with Gasteiger partial charge in [-0.2, -0.15) is 5.10 Å². The number of nitrogens with zero attached hydrogens (tertiary/aromatic N) is 2. The summed E-state index contributed by atoms with van der Waals surface area (Å²) >= 11 is 7.00. The summed E-state index contributed by atoms with van der Waals surface area (Å²) in [7, 11) is 0. The van der Waals surface area contributed by atoms with Crippen LogP contribution in [0.1, 0.15) is 12.0 Å². The molecule has 2 N–H and O–H groups in total. The Bertz CT molecular complexity index is 897. The van der Waals surface area contributed by atoms with Crippen molar-refractivity contribution in [1.82, 2.24) is 5.32 Å². The van der Waals surface area contributed by atoms with E-state index >= 15 is 0 Å². The Balaban J connectivity index is 1.76. The number of amidine groups is 1. The molecule has 1 fully saturated rings. The number of hydrogen-bond acceptors (Lipinski definition) is 5. The maximum absolute atomic E-state index is 11.7. The van der Waals surface area contributed by atoms with E-state index in [0.717, 1.165) is 28.5 Å². The lowest BCUT2D eigenvalue weighted by Gasteiger charge is -2.05. The number of carboxylic acids is 1. The fourth-order valence-corrected chi connectivity index (χ4v) is 3.43. The maximum atomic E-state index is 11.7. The Kier molecular flexibility index (Phi) is 5.70. The van der Waals surface area contributed by atoms with Gasteiger partial charge in [0.05, 0.1) is 12.6 Å². The molecule has 0 radical (unpaired) electrons. The van der Waals surface area contributed by atoms with Crippen molar-refractivity contribution in [2.24, 2.45) is 10.2 Å². The van der Waals surface area contributed by atoms with Crippen LogP contribution in [0.25, 0.3) is 11.1 Å². The molecule has 1 heterocycles. The molecule has 132 valence electrons. The van der Waals surface area contributed by atoms with Gasteiger partial charge in [-0.1, -0.05) is 59.8 Å². The standard InChI is InChI=1S/C18H14ClN3O3S/c19-13-7-5-11(6-8-13)14-4-2-1-3-12(14)10-20-22-18-21-17(25)15(26-18)9-16(23)24/h1-8,10,15H,9H2,(H,23,24)(H,21,22,25). The van der Waals surface area contributed by atoms with Crippen LogP contribution in [0.5, 0.6) is 0 Å². The van der Waals surface area contributed by atoms with Crippen molar-refractivity contribution in [3.63, 3.8) is 0 Å². The highest BCUT2D eigenvalue weighted by atomic mass is 35.5. The van der Waals surface area contributed by atoms with Gasteiger partial charge in [-0.25, -0.2) is 0 Å². The largest absolute Gasteiger partial charge is 0.481 e. The molecule has 1 amide bonds. The van der Waals surface area contributed by atoms with Gasteiger partial charge in [0.2, 0.25) is 5.91 Å². The summed E-state index contributed by atoms with van der Waals surface area (Å²) in [6.45, 7) is 0. The third kappa shape index (κ3) is 4.50. The van der Waals surface area contributed by atoms with Gasteiger partial charge in [0.1, 0.15) is 5.25 Å². The van der Waals surface area contributed by atoms with Crippen molar-refractivity contribution in [2.75, 3.05) is 0 Å². The number of hydrogen-bond donors (Lipinski definition) is 2.